The highest BCUT2D eigenvalue weighted by molar-refractivity contribution is 5.76. The van der Waals surface area contributed by atoms with Gasteiger partial charge >= 0.3 is 6.09 Å². The summed E-state index contributed by atoms with van der Waals surface area (Å²) in [6, 6.07) is 0. The fraction of sp³-hybridized carbons (Fsp3) is 0.611. The Labute approximate surface area is 143 Å². The number of aryl methyl sites for hydroxylation is 1. The molecule has 6 nitrogen and oxygen atoms in total. The molecule has 1 aliphatic heterocycles. The Bertz CT molecular complexity index is 674. The minimum absolute atomic E-state index is 0.351. The van der Waals surface area contributed by atoms with E-state index < -0.39 is 5.60 Å². The zero-order valence-electron chi connectivity index (χ0n) is 14.9. The maximum Gasteiger partial charge on any atom is 0.410 e. The summed E-state index contributed by atoms with van der Waals surface area (Å²) in [6.07, 6.45) is 2.74. The molecule has 0 aromatic carbocycles. The summed E-state index contributed by atoms with van der Waals surface area (Å²) in [5.74, 6) is 5.87. The minimum atomic E-state index is -0.532. The van der Waals surface area contributed by atoms with Crippen LogP contribution >= 0.6 is 0 Å². The Balaban J connectivity index is 2.12. The van der Waals surface area contributed by atoms with Crippen molar-refractivity contribution in [1.82, 2.24) is 14.7 Å². The van der Waals surface area contributed by atoms with Gasteiger partial charge in [0.05, 0.1) is 12.2 Å². The van der Waals surface area contributed by atoms with Gasteiger partial charge in [0, 0.05) is 31.5 Å². The number of unbranched alkanes of at least 4 members (excludes halogenated alkanes) is 1. The Morgan fingerprint density at radius 3 is 2.79 bits per heavy atom. The van der Waals surface area contributed by atoms with Crippen molar-refractivity contribution in [3.8, 4) is 11.8 Å². The molecule has 0 radical (unpaired) electrons. The van der Waals surface area contributed by atoms with E-state index in [0.29, 0.717) is 31.7 Å². The van der Waals surface area contributed by atoms with Gasteiger partial charge in [0.25, 0.3) is 0 Å². The second kappa shape index (κ2) is 7.52. The molecule has 1 amide bonds. The van der Waals surface area contributed by atoms with E-state index >= 15 is 0 Å². The highest BCUT2D eigenvalue weighted by Gasteiger charge is 2.29. The molecular formula is C18H25N3O3. The first kappa shape index (κ1) is 18.1. The van der Waals surface area contributed by atoms with E-state index in [1.54, 1.807) is 9.58 Å². The molecule has 0 saturated heterocycles. The molecular weight excluding hydrogens is 306 g/mol. The van der Waals surface area contributed by atoms with Gasteiger partial charge in [-0.25, -0.2) is 4.79 Å². The number of hydrogen-bond acceptors (Lipinski definition) is 4. The topological polar surface area (TPSA) is 64.4 Å². The Hall–Kier alpha value is -2.29. The number of fused-ring (bicyclic) bond motifs is 1. The molecule has 1 aliphatic rings. The summed E-state index contributed by atoms with van der Waals surface area (Å²) in [7, 11) is 0. The van der Waals surface area contributed by atoms with E-state index in [4.69, 9.17) is 4.74 Å². The molecule has 2 rings (SSSR count). The quantitative estimate of drug-likeness (QED) is 0.483. The summed E-state index contributed by atoms with van der Waals surface area (Å²) in [5.41, 5.74) is 1.76. The predicted molar refractivity (Wildman–Crippen MR) is 90.6 cm³/mol. The summed E-state index contributed by atoms with van der Waals surface area (Å²) < 4.78 is 7.16. The number of aldehydes is 1. The van der Waals surface area contributed by atoms with Gasteiger partial charge in [-0.05, 0) is 34.1 Å². The van der Waals surface area contributed by atoms with Gasteiger partial charge in [0.15, 0.2) is 6.29 Å². The van der Waals surface area contributed by atoms with Crippen LogP contribution in [0.5, 0.6) is 0 Å². The average Bonchev–Trinajstić information content (AvgIpc) is 2.86. The molecule has 130 valence electrons. The number of hydrogen-bond donors (Lipinski definition) is 0. The second-order valence-electron chi connectivity index (χ2n) is 6.83. The third-order valence-corrected chi connectivity index (χ3v) is 3.76. The lowest BCUT2D eigenvalue weighted by Crippen LogP contribution is -2.40. The maximum atomic E-state index is 12.2. The fourth-order valence-electron chi connectivity index (χ4n) is 2.67. The van der Waals surface area contributed by atoms with E-state index in [1.165, 1.54) is 0 Å². The molecule has 0 unspecified atom stereocenters. The van der Waals surface area contributed by atoms with Crippen molar-refractivity contribution in [3.63, 3.8) is 0 Å². The Morgan fingerprint density at radius 2 is 2.17 bits per heavy atom. The molecule has 0 fully saturated rings. The lowest BCUT2D eigenvalue weighted by atomic mass is 10.1. The van der Waals surface area contributed by atoms with Crippen molar-refractivity contribution in [3.05, 3.63) is 17.0 Å². The predicted octanol–water partition coefficient (Wildman–Crippen LogP) is 2.79. The molecule has 2 heterocycles. The molecule has 0 spiro atoms. The van der Waals surface area contributed by atoms with Gasteiger partial charge in [-0.1, -0.05) is 0 Å². The van der Waals surface area contributed by atoms with Crippen molar-refractivity contribution < 1.29 is 14.3 Å². The van der Waals surface area contributed by atoms with Crippen LogP contribution in [-0.2, 0) is 24.2 Å². The minimum Gasteiger partial charge on any atom is -0.444 e. The van der Waals surface area contributed by atoms with Crippen molar-refractivity contribution in [2.75, 3.05) is 6.54 Å². The molecule has 6 heteroatoms. The van der Waals surface area contributed by atoms with E-state index in [0.717, 1.165) is 30.4 Å². The van der Waals surface area contributed by atoms with Crippen LogP contribution in [0.3, 0.4) is 0 Å². The van der Waals surface area contributed by atoms with Gasteiger partial charge < -0.3 is 9.64 Å². The smallest absolute Gasteiger partial charge is 0.410 e. The average molecular weight is 331 g/mol. The molecule has 0 N–H and O–H groups in total. The standard InChI is InChI=1S/C18H25N3O3/c1-5-6-7-8-10-21-16(13-22)14-12-20(11-9-15(14)19-21)17(23)24-18(2,3)4/h13H,7-12H2,1-4H3. The lowest BCUT2D eigenvalue weighted by Gasteiger charge is -2.29. The zero-order chi connectivity index (χ0) is 17.7. The first-order valence-electron chi connectivity index (χ1n) is 8.27. The van der Waals surface area contributed by atoms with Crippen molar-refractivity contribution in [2.24, 2.45) is 0 Å². The number of nitrogens with zero attached hydrogens (tertiary/aromatic N) is 3. The number of carbonyl (C=O) groups is 2. The monoisotopic (exact) mass is 331 g/mol. The van der Waals surface area contributed by atoms with Crippen LogP contribution in [0.1, 0.15) is 62.3 Å². The number of amides is 1. The van der Waals surface area contributed by atoms with Gasteiger partial charge in [-0.15, -0.1) is 11.8 Å². The zero-order valence-corrected chi connectivity index (χ0v) is 14.9. The molecule has 1 aromatic heterocycles. The number of ether oxygens (including phenoxy) is 1. The van der Waals surface area contributed by atoms with Gasteiger partial charge in [-0.2, -0.15) is 5.10 Å². The van der Waals surface area contributed by atoms with Gasteiger partial charge in [-0.3, -0.25) is 9.48 Å². The molecule has 1 aromatic rings. The van der Waals surface area contributed by atoms with Crippen LogP contribution in [0.2, 0.25) is 0 Å². The van der Waals surface area contributed by atoms with E-state index in [2.05, 4.69) is 16.9 Å². The first-order valence-corrected chi connectivity index (χ1v) is 8.27. The Kier molecular flexibility index (Phi) is 5.66. The van der Waals surface area contributed by atoms with Crippen molar-refractivity contribution in [2.45, 2.75) is 65.6 Å². The van der Waals surface area contributed by atoms with E-state index in [9.17, 15) is 9.59 Å². The van der Waals surface area contributed by atoms with Crippen molar-refractivity contribution >= 4 is 12.4 Å². The molecule has 0 atom stereocenters. The van der Waals surface area contributed by atoms with Gasteiger partial charge in [0.2, 0.25) is 0 Å². The molecule has 24 heavy (non-hydrogen) atoms. The van der Waals surface area contributed by atoms with Crippen LogP contribution in [0, 0.1) is 11.8 Å². The summed E-state index contributed by atoms with van der Waals surface area (Å²) >= 11 is 0. The highest BCUT2D eigenvalue weighted by atomic mass is 16.6. The fourth-order valence-corrected chi connectivity index (χ4v) is 2.67. The third-order valence-electron chi connectivity index (χ3n) is 3.76. The van der Waals surface area contributed by atoms with E-state index in [-0.39, 0.29) is 6.09 Å². The molecule has 0 aliphatic carbocycles. The SMILES string of the molecule is CC#CCCCn1nc2c(c1C=O)CN(C(=O)OC(C)(C)C)CC2. The summed E-state index contributed by atoms with van der Waals surface area (Å²) in [5, 5.41) is 4.55. The summed E-state index contributed by atoms with van der Waals surface area (Å²) in [6.45, 7) is 8.92. The second-order valence-corrected chi connectivity index (χ2v) is 6.83. The Morgan fingerprint density at radius 1 is 1.42 bits per heavy atom. The van der Waals surface area contributed by atoms with Crippen LogP contribution in [0.15, 0.2) is 0 Å². The molecule has 0 bridgehead atoms. The third kappa shape index (κ3) is 4.38. The van der Waals surface area contributed by atoms with Crippen LogP contribution in [-0.4, -0.2) is 39.2 Å². The van der Waals surface area contributed by atoms with Crippen LogP contribution in [0.25, 0.3) is 0 Å². The number of aromatic nitrogens is 2. The molecule has 0 saturated carbocycles. The summed E-state index contributed by atoms with van der Waals surface area (Å²) in [4.78, 5) is 25.4. The van der Waals surface area contributed by atoms with Crippen LogP contribution < -0.4 is 0 Å². The normalized spacial score (nSPS) is 13.8. The van der Waals surface area contributed by atoms with Gasteiger partial charge in [0.1, 0.15) is 11.3 Å². The first-order chi connectivity index (χ1) is 11.4. The van der Waals surface area contributed by atoms with E-state index in [1.807, 2.05) is 27.7 Å². The lowest BCUT2D eigenvalue weighted by molar-refractivity contribution is 0.0223. The maximum absolute atomic E-state index is 12.2. The number of rotatable bonds is 4. The highest BCUT2D eigenvalue weighted by Crippen LogP contribution is 2.23. The number of carbonyl (C=O) groups excluding carboxylic acids is 2. The van der Waals surface area contributed by atoms with Crippen molar-refractivity contribution in [1.29, 1.82) is 0 Å². The largest absolute Gasteiger partial charge is 0.444 e. The van der Waals surface area contributed by atoms with Crippen LogP contribution in [0.4, 0.5) is 4.79 Å².